The number of hydrogen-bond acceptors (Lipinski definition) is 3. The summed E-state index contributed by atoms with van der Waals surface area (Å²) in [6.07, 6.45) is 8.14. The molecule has 3 rings (SSSR count). The Balaban J connectivity index is 1.48. The van der Waals surface area contributed by atoms with Gasteiger partial charge in [-0.05, 0) is 45.2 Å². The van der Waals surface area contributed by atoms with Crippen molar-refractivity contribution in [2.24, 2.45) is 0 Å². The molecule has 0 aliphatic carbocycles. The van der Waals surface area contributed by atoms with E-state index in [9.17, 15) is 4.79 Å². The van der Waals surface area contributed by atoms with Crippen molar-refractivity contribution >= 4 is 5.91 Å². The quantitative estimate of drug-likeness (QED) is 0.782. The summed E-state index contributed by atoms with van der Waals surface area (Å²) in [5.41, 5.74) is 0. The van der Waals surface area contributed by atoms with Gasteiger partial charge >= 0.3 is 0 Å². The monoisotopic (exact) mass is 251 g/mol. The molecule has 3 saturated heterocycles. The van der Waals surface area contributed by atoms with Crippen LogP contribution in [0.5, 0.6) is 0 Å². The van der Waals surface area contributed by atoms with E-state index in [2.05, 4.69) is 15.5 Å². The Morgan fingerprint density at radius 2 is 2.11 bits per heavy atom. The van der Waals surface area contributed by atoms with Crippen molar-refractivity contribution in [3.8, 4) is 0 Å². The number of rotatable bonds is 3. The molecule has 2 N–H and O–H groups in total. The molecule has 3 aliphatic rings. The summed E-state index contributed by atoms with van der Waals surface area (Å²) in [6.45, 7) is 3.50. The highest BCUT2D eigenvalue weighted by Crippen LogP contribution is 2.27. The molecule has 4 heteroatoms. The lowest BCUT2D eigenvalue weighted by Crippen LogP contribution is -2.47. The predicted molar refractivity (Wildman–Crippen MR) is 71.4 cm³/mol. The normalized spacial score (nSPS) is 36.6. The van der Waals surface area contributed by atoms with Crippen LogP contribution >= 0.6 is 0 Å². The van der Waals surface area contributed by atoms with E-state index >= 15 is 0 Å². The van der Waals surface area contributed by atoms with E-state index in [1.165, 1.54) is 38.8 Å². The van der Waals surface area contributed by atoms with Crippen LogP contribution in [0.3, 0.4) is 0 Å². The third-order valence-electron chi connectivity index (χ3n) is 4.80. The van der Waals surface area contributed by atoms with Gasteiger partial charge in [-0.2, -0.15) is 0 Å². The molecule has 18 heavy (non-hydrogen) atoms. The van der Waals surface area contributed by atoms with Crippen LogP contribution in [-0.2, 0) is 4.79 Å². The molecule has 0 aromatic carbocycles. The molecule has 0 bridgehead atoms. The van der Waals surface area contributed by atoms with Crippen LogP contribution in [0.4, 0.5) is 0 Å². The SMILES string of the molecule is O=C(CC1CCCN1)NC1CCN2CCCCC12. The minimum absolute atomic E-state index is 0.256. The standard InChI is InChI=1S/C14H25N3O/c18-14(10-11-4-3-7-15-11)16-12-6-9-17-8-2-1-5-13(12)17/h11-13,15H,1-10H2,(H,16,18). The van der Waals surface area contributed by atoms with Gasteiger partial charge < -0.3 is 10.6 Å². The molecule has 0 aromatic heterocycles. The topological polar surface area (TPSA) is 44.4 Å². The van der Waals surface area contributed by atoms with E-state index in [4.69, 9.17) is 0 Å². The first-order valence-electron chi connectivity index (χ1n) is 7.60. The number of piperidine rings is 1. The van der Waals surface area contributed by atoms with Crippen LogP contribution in [0.1, 0.15) is 44.9 Å². The third kappa shape index (κ3) is 2.69. The number of nitrogens with zero attached hydrogens (tertiary/aromatic N) is 1. The van der Waals surface area contributed by atoms with Crippen molar-refractivity contribution in [1.29, 1.82) is 0 Å². The highest BCUT2D eigenvalue weighted by atomic mass is 16.1. The molecule has 1 amide bonds. The molecule has 0 aromatic rings. The van der Waals surface area contributed by atoms with Crippen molar-refractivity contribution in [3.05, 3.63) is 0 Å². The highest BCUT2D eigenvalue weighted by Gasteiger charge is 2.36. The molecule has 3 aliphatic heterocycles. The Hall–Kier alpha value is -0.610. The smallest absolute Gasteiger partial charge is 0.221 e. The summed E-state index contributed by atoms with van der Waals surface area (Å²) in [5.74, 6) is 0.256. The van der Waals surface area contributed by atoms with Gasteiger partial charge in [0.15, 0.2) is 0 Å². The maximum Gasteiger partial charge on any atom is 0.221 e. The first kappa shape index (κ1) is 12.4. The van der Waals surface area contributed by atoms with E-state index in [0.717, 1.165) is 19.4 Å². The van der Waals surface area contributed by atoms with E-state index in [1.54, 1.807) is 0 Å². The molecule has 4 nitrogen and oxygen atoms in total. The largest absolute Gasteiger partial charge is 0.352 e. The van der Waals surface area contributed by atoms with Crippen molar-refractivity contribution in [3.63, 3.8) is 0 Å². The van der Waals surface area contributed by atoms with Gasteiger partial charge in [-0.25, -0.2) is 0 Å². The van der Waals surface area contributed by atoms with Gasteiger partial charge in [0.1, 0.15) is 0 Å². The fourth-order valence-electron chi connectivity index (χ4n) is 3.84. The summed E-state index contributed by atoms with van der Waals surface area (Å²) >= 11 is 0. The maximum atomic E-state index is 12.1. The predicted octanol–water partition coefficient (Wildman–Crippen LogP) is 0.872. The zero-order chi connectivity index (χ0) is 12.4. The van der Waals surface area contributed by atoms with Crippen molar-refractivity contribution in [2.75, 3.05) is 19.6 Å². The van der Waals surface area contributed by atoms with Crippen LogP contribution in [0.2, 0.25) is 0 Å². The second-order valence-corrected chi connectivity index (χ2v) is 6.06. The third-order valence-corrected chi connectivity index (χ3v) is 4.80. The summed E-state index contributed by atoms with van der Waals surface area (Å²) in [4.78, 5) is 14.6. The lowest BCUT2D eigenvalue weighted by Gasteiger charge is -2.32. The Morgan fingerprint density at radius 1 is 1.17 bits per heavy atom. The number of fused-ring (bicyclic) bond motifs is 1. The summed E-state index contributed by atoms with van der Waals surface area (Å²) in [7, 11) is 0. The first-order valence-corrected chi connectivity index (χ1v) is 7.60. The minimum Gasteiger partial charge on any atom is -0.352 e. The molecule has 102 valence electrons. The zero-order valence-electron chi connectivity index (χ0n) is 11.2. The maximum absolute atomic E-state index is 12.1. The van der Waals surface area contributed by atoms with Crippen molar-refractivity contribution in [1.82, 2.24) is 15.5 Å². The average molecular weight is 251 g/mol. The molecular weight excluding hydrogens is 226 g/mol. The lowest BCUT2D eigenvalue weighted by molar-refractivity contribution is -0.122. The van der Waals surface area contributed by atoms with E-state index in [-0.39, 0.29) is 5.91 Å². The summed E-state index contributed by atoms with van der Waals surface area (Å²) in [5, 5.41) is 6.68. The van der Waals surface area contributed by atoms with Crippen LogP contribution in [0, 0.1) is 0 Å². The van der Waals surface area contributed by atoms with Crippen molar-refractivity contribution < 1.29 is 4.79 Å². The van der Waals surface area contributed by atoms with Gasteiger partial charge in [0.25, 0.3) is 0 Å². The second kappa shape index (κ2) is 5.57. The second-order valence-electron chi connectivity index (χ2n) is 6.06. The van der Waals surface area contributed by atoms with Gasteiger partial charge in [-0.15, -0.1) is 0 Å². The molecule has 3 atom stereocenters. The molecule has 0 spiro atoms. The lowest BCUT2D eigenvalue weighted by atomic mass is 9.99. The number of nitrogens with one attached hydrogen (secondary N) is 2. The van der Waals surface area contributed by atoms with Crippen LogP contribution < -0.4 is 10.6 Å². The van der Waals surface area contributed by atoms with Gasteiger partial charge in [-0.1, -0.05) is 6.42 Å². The van der Waals surface area contributed by atoms with Crippen LogP contribution in [0.15, 0.2) is 0 Å². The minimum atomic E-state index is 0.256. The molecular formula is C14H25N3O. The van der Waals surface area contributed by atoms with Gasteiger partial charge in [0.05, 0.1) is 0 Å². The molecule has 3 unspecified atom stereocenters. The first-order chi connectivity index (χ1) is 8.83. The van der Waals surface area contributed by atoms with E-state index in [0.29, 0.717) is 24.5 Å². The Bertz CT molecular complexity index is 301. The molecule has 0 saturated carbocycles. The number of carbonyl (C=O) groups excluding carboxylic acids is 1. The van der Waals surface area contributed by atoms with E-state index < -0.39 is 0 Å². The number of carbonyl (C=O) groups is 1. The summed E-state index contributed by atoms with van der Waals surface area (Å²) in [6, 6.07) is 1.47. The Labute approximate surface area is 109 Å². The van der Waals surface area contributed by atoms with Crippen molar-refractivity contribution in [2.45, 2.75) is 63.1 Å². The molecule has 0 radical (unpaired) electrons. The van der Waals surface area contributed by atoms with Gasteiger partial charge in [-0.3, -0.25) is 9.69 Å². The Morgan fingerprint density at radius 3 is 2.94 bits per heavy atom. The Kier molecular flexibility index (Phi) is 3.85. The average Bonchev–Trinajstić information content (AvgIpc) is 3.00. The fraction of sp³-hybridized carbons (Fsp3) is 0.929. The zero-order valence-corrected chi connectivity index (χ0v) is 11.2. The number of amides is 1. The van der Waals surface area contributed by atoms with Crippen LogP contribution in [0.25, 0.3) is 0 Å². The number of hydrogen-bond donors (Lipinski definition) is 2. The molecule has 3 heterocycles. The fourth-order valence-corrected chi connectivity index (χ4v) is 3.84. The van der Waals surface area contributed by atoms with Gasteiger partial charge in [0.2, 0.25) is 5.91 Å². The van der Waals surface area contributed by atoms with Crippen LogP contribution in [-0.4, -0.2) is 48.6 Å². The van der Waals surface area contributed by atoms with Gasteiger partial charge in [0, 0.05) is 31.1 Å². The summed E-state index contributed by atoms with van der Waals surface area (Å²) < 4.78 is 0. The van der Waals surface area contributed by atoms with E-state index in [1.807, 2.05) is 0 Å². The highest BCUT2D eigenvalue weighted by molar-refractivity contribution is 5.77. The molecule has 3 fully saturated rings.